The van der Waals surface area contributed by atoms with E-state index in [1.165, 1.54) is 11.1 Å². The van der Waals surface area contributed by atoms with Crippen LogP contribution in [0.15, 0.2) is 243 Å². The molecule has 1 N–H and O–H groups in total. The molecule has 0 saturated carbocycles. The van der Waals surface area contributed by atoms with E-state index in [1.54, 1.807) is 0 Å². The molecule has 0 heterocycles. The van der Waals surface area contributed by atoms with Gasteiger partial charge in [0.05, 0.1) is 0 Å². The van der Waals surface area contributed by atoms with Crippen molar-refractivity contribution in [3.8, 4) is 72.5 Å². The van der Waals surface area contributed by atoms with Gasteiger partial charge < -0.3 is 10.0 Å². The van der Waals surface area contributed by atoms with Crippen molar-refractivity contribution in [2.75, 3.05) is 4.90 Å². The van der Waals surface area contributed by atoms with Crippen molar-refractivity contribution in [3.05, 3.63) is 243 Å². The number of rotatable bonds is 9. The standard InChI is InChI=1S/C58H41NO/c60-58-55-24-14-13-23-47(55)29-35-56(58)57-40-53(34-36-54(57)50-38-48(43-19-9-3-10-20-43)37-49(39-50)44-21-11-4-12-22-44)59(51-30-25-45(26-31-51)41-15-5-1-6-16-41)52-32-27-46(28-33-52)42-17-7-2-8-18-42/h1-40,60H. The maximum absolute atomic E-state index is 12.2. The SMILES string of the molecule is Oc1c(-c2cc(N(c3ccc(-c4ccccc4)cc3)c3ccc(-c4ccccc4)cc3)ccc2-c2cc(-c3ccccc3)cc(-c3ccccc3)c2)ccc2ccccc12. The molecule has 0 spiro atoms. The molecule has 2 heteroatoms. The van der Waals surface area contributed by atoms with Gasteiger partial charge in [0.2, 0.25) is 0 Å². The summed E-state index contributed by atoms with van der Waals surface area (Å²) in [5.74, 6) is 0.264. The lowest BCUT2D eigenvalue weighted by atomic mass is 9.88. The minimum absolute atomic E-state index is 0.264. The number of fused-ring (bicyclic) bond motifs is 1. The molecule has 0 aliphatic heterocycles. The van der Waals surface area contributed by atoms with Gasteiger partial charge in [-0.25, -0.2) is 0 Å². The van der Waals surface area contributed by atoms with Crippen LogP contribution in [-0.4, -0.2) is 5.11 Å². The third kappa shape index (κ3) is 7.23. The van der Waals surface area contributed by atoms with Gasteiger partial charge in [0.1, 0.15) is 5.75 Å². The molecule has 0 saturated heterocycles. The summed E-state index contributed by atoms with van der Waals surface area (Å²) < 4.78 is 0. The maximum atomic E-state index is 12.2. The van der Waals surface area contributed by atoms with Crippen molar-refractivity contribution >= 4 is 27.8 Å². The third-order valence-corrected chi connectivity index (χ3v) is 11.4. The molecule has 0 aliphatic carbocycles. The van der Waals surface area contributed by atoms with E-state index in [9.17, 15) is 5.11 Å². The van der Waals surface area contributed by atoms with E-state index in [-0.39, 0.29) is 5.75 Å². The van der Waals surface area contributed by atoms with Crippen LogP contribution in [0.3, 0.4) is 0 Å². The molecule has 10 aromatic rings. The summed E-state index contributed by atoms with van der Waals surface area (Å²) in [6.07, 6.45) is 0. The Morgan fingerprint density at radius 2 is 0.633 bits per heavy atom. The normalized spacial score (nSPS) is 11.1. The first-order chi connectivity index (χ1) is 29.7. The molecule has 0 atom stereocenters. The van der Waals surface area contributed by atoms with Gasteiger partial charge in [-0.1, -0.05) is 182 Å². The van der Waals surface area contributed by atoms with Crippen molar-refractivity contribution in [2.24, 2.45) is 0 Å². The molecule has 10 aromatic carbocycles. The molecule has 0 aromatic heterocycles. The molecule has 0 aliphatic rings. The van der Waals surface area contributed by atoms with Crippen molar-refractivity contribution in [1.82, 2.24) is 0 Å². The summed E-state index contributed by atoms with van der Waals surface area (Å²) >= 11 is 0. The lowest BCUT2D eigenvalue weighted by molar-refractivity contribution is 0.483. The van der Waals surface area contributed by atoms with Gasteiger partial charge in [0.15, 0.2) is 0 Å². The quantitative estimate of drug-likeness (QED) is 0.158. The van der Waals surface area contributed by atoms with Crippen LogP contribution in [-0.2, 0) is 0 Å². The summed E-state index contributed by atoms with van der Waals surface area (Å²) in [4.78, 5) is 2.31. The molecule has 284 valence electrons. The Kier molecular flexibility index (Phi) is 9.79. The highest BCUT2D eigenvalue weighted by Gasteiger charge is 2.20. The molecule has 60 heavy (non-hydrogen) atoms. The minimum Gasteiger partial charge on any atom is -0.507 e. The molecule has 10 rings (SSSR count). The molecule has 0 bridgehead atoms. The Labute approximate surface area is 351 Å². The molecule has 0 amide bonds. The summed E-state index contributed by atoms with van der Waals surface area (Å²) in [5.41, 5.74) is 16.0. The lowest BCUT2D eigenvalue weighted by Crippen LogP contribution is -2.10. The van der Waals surface area contributed by atoms with Crippen LogP contribution in [0.25, 0.3) is 77.5 Å². The van der Waals surface area contributed by atoms with Gasteiger partial charge >= 0.3 is 0 Å². The van der Waals surface area contributed by atoms with Crippen LogP contribution in [0.4, 0.5) is 17.1 Å². The topological polar surface area (TPSA) is 23.5 Å². The Hall–Kier alpha value is -7.94. The first-order valence-corrected chi connectivity index (χ1v) is 20.4. The van der Waals surface area contributed by atoms with E-state index in [4.69, 9.17) is 0 Å². The lowest BCUT2D eigenvalue weighted by Gasteiger charge is -2.27. The summed E-state index contributed by atoms with van der Waals surface area (Å²) in [7, 11) is 0. The Morgan fingerprint density at radius 3 is 1.13 bits per heavy atom. The van der Waals surface area contributed by atoms with Gasteiger partial charge in [0, 0.05) is 28.0 Å². The average Bonchev–Trinajstić information content (AvgIpc) is 3.33. The highest BCUT2D eigenvalue weighted by molar-refractivity contribution is 6.00. The molecule has 0 radical (unpaired) electrons. The van der Waals surface area contributed by atoms with Gasteiger partial charge in [-0.15, -0.1) is 0 Å². The number of aromatic hydroxyl groups is 1. The molecular weight excluding hydrogens is 727 g/mol. The summed E-state index contributed by atoms with van der Waals surface area (Å²) in [5, 5.41) is 14.0. The van der Waals surface area contributed by atoms with E-state index >= 15 is 0 Å². The zero-order valence-electron chi connectivity index (χ0n) is 33.0. The van der Waals surface area contributed by atoms with Crippen molar-refractivity contribution in [1.29, 1.82) is 0 Å². The van der Waals surface area contributed by atoms with Crippen LogP contribution >= 0.6 is 0 Å². The number of hydrogen-bond acceptors (Lipinski definition) is 2. The van der Waals surface area contributed by atoms with Crippen LogP contribution < -0.4 is 4.90 Å². The zero-order valence-corrected chi connectivity index (χ0v) is 33.0. The molecular formula is C58H41NO. The Balaban J connectivity index is 1.19. The highest BCUT2D eigenvalue weighted by atomic mass is 16.3. The van der Waals surface area contributed by atoms with E-state index in [0.717, 1.165) is 83.5 Å². The second-order valence-electron chi connectivity index (χ2n) is 15.1. The van der Waals surface area contributed by atoms with Crippen molar-refractivity contribution < 1.29 is 5.11 Å². The Bertz CT molecular complexity index is 2910. The fraction of sp³-hybridized carbons (Fsp3) is 0. The number of anilines is 3. The van der Waals surface area contributed by atoms with Crippen LogP contribution in [0.5, 0.6) is 5.75 Å². The predicted octanol–water partition coefficient (Wildman–Crippen LogP) is 16.0. The molecule has 0 unspecified atom stereocenters. The largest absolute Gasteiger partial charge is 0.507 e. The van der Waals surface area contributed by atoms with Crippen molar-refractivity contribution in [3.63, 3.8) is 0 Å². The van der Waals surface area contributed by atoms with Gasteiger partial charge in [0.25, 0.3) is 0 Å². The Morgan fingerprint density at radius 1 is 0.250 bits per heavy atom. The van der Waals surface area contributed by atoms with Gasteiger partial charge in [-0.05, 0) is 127 Å². The number of nitrogens with zero attached hydrogens (tertiary/aromatic N) is 1. The monoisotopic (exact) mass is 767 g/mol. The van der Waals surface area contributed by atoms with Crippen LogP contribution in [0.2, 0.25) is 0 Å². The third-order valence-electron chi connectivity index (χ3n) is 11.4. The predicted molar refractivity (Wildman–Crippen MR) is 253 cm³/mol. The fourth-order valence-corrected chi connectivity index (χ4v) is 8.31. The second kappa shape index (κ2) is 16.1. The van der Waals surface area contributed by atoms with E-state index in [0.29, 0.717) is 0 Å². The van der Waals surface area contributed by atoms with Gasteiger partial charge in [-0.2, -0.15) is 0 Å². The number of benzene rings is 10. The summed E-state index contributed by atoms with van der Waals surface area (Å²) in [6, 6.07) is 85.4. The molecule has 2 nitrogen and oxygen atoms in total. The number of phenols is 1. The van der Waals surface area contributed by atoms with Crippen molar-refractivity contribution in [2.45, 2.75) is 0 Å². The van der Waals surface area contributed by atoms with Gasteiger partial charge in [-0.3, -0.25) is 0 Å². The molecule has 0 fully saturated rings. The second-order valence-corrected chi connectivity index (χ2v) is 15.1. The highest BCUT2D eigenvalue weighted by Crippen LogP contribution is 2.46. The van der Waals surface area contributed by atoms with E-state index in [1.807, 2.05) is 36.4 Å². The zero-order chi connectivity index (χ0) is 40.3. The fourth-order valence-electron chi connectivity index (χ4n) is 8.31. The number of hydrogen-bond donors (Lipinski definition) is 1. The van der Waals surface area contributed by atoms with E-state index < -0.39 is 0 Å². The summed E-state index contributed by atoms with van der Waals surface area (Å²) in [6.45, 7) is 0. The minimum atomic E-state index is 0.264. The average molecular weight is 768 g/mol. The van der Waals surface area contributed by atoms with Crippen LogP contribution in [0, 0.1) is 0 Å². The smallest absolute Gasteiger partial charge is 0.131 e. The number of phenolic OH excluding ortho intramolecular Hbond substituents is 1. The maximum Gasteiger partial charge on any atom is 0.131 e. The first kappa shape index (κ1) is 36.4. The van der Waals surface area contributed by atoms with Crippen LogP contribution in [0.1, 0.15) is 0 Å². The van der Waals surface area contributed by atoms with E-state index in [2.05, 4.69) is 211 Å². The first-order valence-electron chi connectivity index (χ1n) is 20.4.